The Morgan fingerprint density at radius 3 is 2.87 bits per heavy atom. The van der Waals surface area contributed by atoms with Gasteiger partial charge in [-0.2, -0.15) is 0 Å². The lowest BCUT2D eigenvalue weighted by molar-refractivity contribution is -0.155. The van der Waals surface area contributed by atoms with Crippen LogP contribution in [0.4, 0.5) is 0 Å². The topological polar surface area (TPSA) is 37.3 Å². The normalized spacial score (nSPS) is 52.1. The van der Waals surface area contributed by atoms with Crippen LogP contribution >= 0.6 is 0 Å². The first-order valence-electron chi connectivity index (χ1n) is 6.43. The lowest BCUT2D eigenvalue weighted by atomic mass is 9.66. The van der Waals surface area contributed by atoms with Gasteiger partial charge in [-0.05, 0) is 55.8 Å². The second-order valence-corrected chi connectivity index (χ2v) is 5.85. The highest BCUT2D eigenvalue weighted by molar-refractivity contribution is 5.77. The van der Waals surface area contributed by atoms with Crippen molar-refractivity contribution in [2.45, 2.75) is 45.4 Å². The monoisotopic (exact) mass is 208 g/mol. The molecule has 2 nitrogen and oxygen atoms in total. The number of carboxylic acids is 1. The molecular weight excluding hydrogens is 188 g/mol. The molecule has 0 heterocycles. The second kappa shape index (κ2) is 2.99. The van der Waals surface area contributed by atoms with Gasteiger partial charge in [0, 0.05) is 0 Å². The molecule has 5 atom stereocenters. The van der Waals surface area contributed by atoms with E-state index in [1.54, 1.807) is 0 Å². The molecule has 2 heteroatoms. The molecule has 2 bridgehead atoms. The zero-order valence-corrected chi connectivity index (χ0v) is 9.41. The van der Waals surface area contributed by atoms with E-state index in [1.807, 2.05) is 0 Å². The Labute approximate surface area is 91.1 Å². The van der Waals surface area contributed by atoms with E-state index in [0.29, 0.717) is 17.8 Å². The average Bonchev–Trinajstić information content (AvgIpc) is 2.88. The SMILES string of the molecule is CCC1CC[C@@]2(C(=O)O)[C@H]3CC[C@H](C3)[C@@H]12. The molecule has 15 heavy (non-hydrogen) atoms. The summed E-state index contributed by atoms with van der Waals surface area (Å²) < 4.78 is 0. The zero-order chi connectivity index (χ0) is 10.6. The van der Waals surface area contributed by atoms with Crippen LogP contribution in [0.5, 0.6) is 0 Å². The number of carbonyl (C=O) groups is 1. The Balaban J connectivity index is 2.01. The number of fused-ring (bicyclic) bond motifs is 5. The lowest BCUT2D eigenvalue weighted by Gasteiger charge is -2.37. The van der Waals surface area contributed by atoms with Crippen LogP contribution in [-0.2, 0) is 4.79 Å². The van der Waals surface area contributed by atoms with Crippen molar-refractivity contribution in [3.63, 3.8) is 0 Å². The molecule has 0 aromatic carbocycles. The Morgan fingerprint density at radius 1 is 1.40 bits per heavy atom. The van der Waals surface area contributed by atoms with Crippen molar-refractivity contribution in [1.29, 1.82) is 0 Å². The number of rotatable bonds is 2. The molecule has 1 N–H and O–H groups in total. The molecular formula is C13H20O2. The molecule has 0 spiro atoms. The molecule has 3 aliphatic carbocycles. The van der Waals surface area contributed by atoms with E-state index in [0.717, 1.165) is 12.3 Å². The molecule has 3 fully saturated rings. The summed E-state index contributed by atoms with van der Waals surface area (Å²) in [6.45, 7) is 2.23. The number of aliphatic carboxylic acids is 1. The van der Waals surface area contributed by atoms with Gasteiger partial charge < -0.3 is 5.11 Å². The molecule has 84 valence electrons. The van der Waals surface area contributed by atoms with Crippen molar-refractivity contribution >= 4 is 5.97 Å². The van der Waals surface area contributed by atoms with Crippen LogP contribution in [0.25, 0.3) is 0 Å². The van der Waals surface area contributed by atoms with Crippen molar-refractivity contribution in [1.82, 2.24) is 0 Å². The fourth-order valence-corrected chi connectivity index (χ4v) is 5.17. The molecule has 1 unspecified atom stereocenters. The first-order valence-corrected chi connectivity index (χ1v) is 6.43. The predicted molar refractivity (Wildman–Crippen MR) is 57.4 cm³/mol. The smallest absolute Gasteiger partial charge is 0.310 e. The first-order chi connectivity index (χ1) is 7.20. The second-order valence-electron chi connectivity index (χ2n) is 5.85. The Bertz CT molecular complexity index is 297. The van der Waals surface area contributed by atoms with Crippen molar-refractivity contribution in [3.05, 3.63) is 0 Å². The highest BCUT2D eigenvalue weighted by atomic mass is 16.4. The third kappa shape index (κ3) is 0.982. The summed E-state index contributed by atoms with van der Waals surface area (Å²) in [5.41, 5.74) is -0.288. The summed E-state index contributed by atoms with van der Waals surface area (Å²) in [6, 6.07) is 0. The van der Waals surface area contributed by atoms with Crippen LogP contribution < -0.4 is 0 Å². The van der Waals surface area contributed by atoms with Gasteiger partial charge in [0.25, 0.3) is 0 Å². The van der Waals surface area contributed by atoms with E-state index in [2.05, 4.69) is 6.92 Å². The summed E-state index contributed by atoms with van der Waals surface area (Å²) >= 11 is 0. The molecule has 0 aromatic heterocycles. The van der Waals surface area contributed by atoms with Gasteiger partial charge >= 0.3 is 5.97 Å². The Hall–Kier alpha value is -0.530. The maximum atomic E-state index is 11.7. The van der Waals surface area contributed by atoms with Crippen LogP contribution in [0, 0.1) is 29.1 Å². The van der Waals surface area contributed by atoms with Crippen LogP contribution in [0.2, 0.25) is 0 Å². The standard InChI is InChI=1S/C13H20O2/c1-2-8-5-6-13(12(14)15)10-4-3-9(7-10)11(8)13/h8-11H,2-7H2,1H3,(H,14,15)/t8?,9-,10+,11-,13-/m1/s1. The van der Waals surface area contributed by atoms with Gasteiger partial charge in [0.2, 0.25) is 0 Å². The quantitative estimate of drug-likeness (QED) is 0.757. The van der Waals surface area contributed by atoms with Crippen LogP contribution in [0.3, 0.4) is 0 Å². The van der Waals surface area contributed by atoms with Crippen molar-refractivity contribution in [3.8, 4) is 0 Å². The molecule has 0 saturated heterocycles. The maximum absolute atomic E-state index is 11.7. The Morgan fingerprint density at radius 2 is 2.20 bits per heavy atom. The van der Waals surface area contributed by atoms with E-state index in [4.69, 9.17) is 0 Å². The molecule has 0 aliphatic heterocycles. The van der Waals surface area contributed by atoms with Crippen molar-refractivity contribution < 1.29 is 9.90 Å². The minimum absolute atomic E-state index is 0.288. The van der Waals surface area contributed by atoms with Gasteiger partial charge in [0.15, 0.2) is 0 Å². The largest absolute Gasteiger partial charge is 0.481 e. The fraction of sp³-hybridized carbons (Fsp3) is 0.923. The summed E-state index contributed by atoms with van der Waals surface area (Å²) in [5.74, 6) is 2.02. The third-order valence-electron chi connectivity index (χ3n) is 5.66. The number of carboxylic acid groups (broad SMARTS) is 1. The molecule has 3 rings (SSSR count). The van der Waals surface area contributed by atoms with E-state index in [9.17, 15) is 9.90 Å². The van der Waals surface area contributed by atoms with E-state index in [1.165, 1.54) is 32.1 Å². The van der Waals surface area contributed by atoms with Crippen LogP contribution in [0.1, 0.15) is 45.4 Å². The zero-order valence-electron chi connectivity index (χ0n) is 9.41. The molecule has 0 amide bonds. The lowest BCUT2D eigenvalue weighted by Crippen LogP contribution is -2.41. The van der Waals surface area contributed by atoms with Gasteiger partial charge in [-0.25, -0.2) is 0 Å². The van der Waals surface area contributed by atoms with Gasteiger partial charge in [0.05, 0.1) is 5.41 Å². The van der Waals surface area contributed by atoms with Crippen LogP contribution in [0.15, 0.2) is 0 Å². The van der Waals surface area contributed by atoms with Crippen molar-refractivity contribution in [2.75, 3.05) is 0 Å². The third-order valence-corrected chi connectivity index (χ3v) is 5.66. The summed E-state index contributed by atoms with van der Waals surface area (Å²) in [4.78, 5) is 11.7. The molecule has 3 aliphatic rings. The van der Waals surface area contributed by atoms with E-state index in [-0.39, 0.29) is 5.41 Å². The van der Waals surface area contributed by atoms with E-state index < -0.39 is 5.97 Å². The minimum atomic E-state index is -0.476. The van der Waals surface area contributed by atoms with Crippen molar-refractivity contribution in [2.24, 2.45) is 29.1 Å². The predicted octanol–water partition coefficient (Wildman–Crippen LogP) is 2.92. The van der Waals surface area contributed by atoms with Gasteiger partial charge in [-0.3, -0.25) is 4.79 Å². The average molecular weight is 208 g/mol. The Kier molecular flexibility index (Phi) is 1.93. The van der Waals surface area contributed by atoms with Gasteiger partial charge in [0.1, 0.15) is 0 Å². The molecule has 3 saturated carbocycles. The van der Waals surface area contributed by atoms with Crippen LogP contribution in [-0.4, -0.2) is 11.1 Å². The number of hydrogen-bond acceptors (Lipinski definition) is 1. The van der Waals surface area contributed by atoms with Gasteiger partial charge in [-0.15, -0.1) is 0 Å². The highest BCUT2D eigenvalue weighted by Gasteiger charge is 2.66. The summed E-state index contributed by atoms with van der Waals surface area (Å²) in [7, 11) is 0. The highest BCUT2D eigenvalue weighted by Crippen LogP contribution is 2.68. The van der Waals surface area contributed by atoms with Gasteiger partial charge in [-0.1, -0.05) is 13.3 Å². The number of hydrogen-bond donors (Lipinski definition) is 1. The maximum Gasteiger partial charge on any atom is 0.310 e. The fourth-order valence-electron chi connectivity index (χ4n) is 5.17. The molecule has 0 aromatic rings. The first kappa shape index (κ1) is 9.68. The minimum Gasteiger partial charge on any atom is -0.481 e. The van der Waals surface area contributed by atoms with E-state index >= 15 is 0 Å². The summed E-state index contributed by atoms with van der Waals surface area (Å²) in [6.07, 6.45) is 7.02. The molecule has 0 radical (unpaired) electrons. The summed E-state index contributed by atoms with van der Waals surface area (Å²) in [5, 5.41) is 9.61.